The van der Waals surface area contributed by atoms with Gasteiger partial charge in [-0.2, -0.15) is 5.10 Å². The number of carbonyl (C=O) groups is 1. The minimum Gasteiger partial charge on any atom is -0.259 e. The van der Waals surface area contributed by atoms with E-state index in [-0.39, 0.29) is 5.24 Å². The second-order valence-electron chi connectivity index (χ2n) is 3.92. The lowest BCUT2D eigenvalue weighted by atomic mass is 10.3. The maximum Gasteiger partial charge on any atom is 0.305 e. The molecule has 20 heavy (non-hydrogen) atoms. The minimum absolute atomic E-state index is 0.206. The van der Waals surface area contributed by atoms with E-state index in [2.05, 4.69) is 10.1 Å². The lowest BCUT2D eigenvalue weighted by Gasteiger charge is -2.03. The summed E-state index contributed by atoms with van der Waals surface area (Å²) >= 11 is 1.17. The average molecular weight is 285 g/mol. The molecule has 4 nitrogen and oxygen atoms in total. The SMILES string of the molecule is CC=CCSC(=O)N=c1ccn(-c2ccccc2)nc1. The lowest BCUT2D eigenvalue weighted by Crippen LogP contribution is -2.09. The molecule has 0 aliphatic rings. The van der Waals surface area contributed by atoms with E-state index in [9.17, 15) is 4.79 Å². The number of thioether (sulfide) groups is 1. The van der Waals surface area contributed by atoms with Gasteiger partial charge in [-0.3, -0.25) is 4.79 Å². The molecule has 2 aromatic rings. The van der Waals surface area contributed by atoms with E-state index < -0.39 is 0 Å². The molecule has 0 unspecified atom stereocenters. The van der Waals surface area contributed by atoms with Crippen LogP contribution in [0.5, 0.6) is 0 Å². The Bertz CT molecular complexity index is 642. The summed E-state index contributed by atoms with van der Waals surface area (Å²) in [7, 11) is 0. The van der Waals surface area contributed by atoms with Gasteiger partial charge in [0.05, 0.1) is 17.2 Å². The van der Waals surface area contributed by atoms with E-state index in [1.165, 1.54) is 11.8 Å². The molecule has 0 saturated carbocycles. The van der Waals surface area contributed by atoms with Gasteiger partial charge in [-0.25, -0.2) is 9.67 Å². The highest BCUT2D eigenvalue weighted by Gasteiger charge is 1.97. The topological polar surface area (TPSA) is 47.2 Å². The number of rotatable bonds is 3. The molecule has 0 bridgehead atoms. The second kappa shape index (κ2) is 7.45. The summed E-state index contributed by atoms with van der Waals surface area (Å²) in [6.45, 7) is 1.92. The highest BCUT2D eigenvalue weighted by atomic mass is 32.2. The third-order valence-electron chi connectivity index (χ3n) is 2.48. The zero-order chi connectivity index (χ0) is 14.2. The first-order valence-corrected chi connectivity index (χ1v) is 7.21. The van der Waals surface area contributed by atoms with Crippen LogP contribution in [0.1, 0.15) is 6.92 Å². The number of allylic oxidation sites excluding steroid dienone is 1. The van der Waals surface area contributed by atoms with Crippen molar-refractivity contribution in [1.82, 2.24) is 9.78 Å². The Morgan fingerprint density at radius 2 is 2.15 bits per heavy atom. The van der Waals surface area contributed by atoms with Gasteiger partial charge in [0.1, 0.15) is 0 Å². The molecule has 0 aliphatic carbocycles. The van der Waals surface area contributed by atoms with E-state index in [0.29, 0.717) is 11.1 Å². The van der Waals surface area contributed by atoms with Crippen molar-refractivity contribution in [2.75, 3.05) is 5.75 Å². The molecular weight excluding hydrogens is 270 g/mol. The van der Waals surface area contributed by atoms with Crippen LogP contribution in [0.3, 0.4) is 0 Å². The van der Waals surface area contributed by atoms with Crippen LogP contribution in [-0.4, -0.2) is 20.8 Å². The summed E-state index contributed by atoms with van der Waals surface area (Å²) in [6, 6.07) is 11.5. The van der Waals surface area contributed by atoms with Gasteiger partial charge in [-0.15, -0.1) is 0 Å². The van der Waals surface area contributed by atoms with Gasteiger partial charge in [0.15, 0.2) is 0 Å². The molecule has 1 heterocycles. The zero-order valence-corrected chi connectivity index (χ0v) is 12.0. The molecule has 0 spiro atoms. The molecule has 2 rings (SSSR count). The van der Waals surface area contributed by atoms with Crippen LogP contribution in [-0.2, 0) is 0 Å². The Labute approximate surface area is 121 Å². The summed E-state index contributed by atoms with van der Waals surface area (Å²) in [4.78, 5) is 15.5. The summed E-state index contributed by atoms with van der Waals surface area (Å²) in [6.07, 6.45) is 7.21. The van der Waals surface area contributed by atoms with Gasteiger partial charge >= 0.3 is 5.24 Å². The van der Waals surface area contributed by atoms with Gasteiger partial charge in [0.25, 0.3) is 0 Å². The van der Waals surface area contributed by atoms with Gasteiger partial charge in [-0.05, 0) is 25.1 Å². The van der Waals surface area contributed by atoms with Gasteiger partial charge in [-0.1, -0.05) is 42.1 Å². The molecule has 0 atom stereocenters. The number of hydrogen-bond acceptors (Lipinski definition) is 3. The highest BCUT2D eigenvalue weighted by molar-refractivity contribution is 8.13. The molecule has 0 aliphatic heterocycles. The number of hydrogen-bond donors (Lipinski definition) is 0. The number of benzene rings is 1. The molecule has 102 valence electrons. The van der Waals surface area contributed by atoms with E-state index in [1.54, 1.807) is 23.1 Å². The Morgan fingerprint density at radius 1 is 1.35 bits per heavy atom. The van der Waals surface area contributed by atoms with Crippen molar-refractivity contribution in [3.8, 4) is 5.69 Å². The first-order valence-electron chi connectivity index (χ1n) is 6.22. The van der Waals surface area contributed by atoms with E-state index in [4.69, 9.17) is 0 Å². The average Bonchev–Trinajstić information content (AvgIpc) is 2.49. The minimum atomic E-state index is -0.206. The van der Waals surface area contributed by atoms with Crippen LogP contribution in [0, 0.1) is 0 Å². The molecule has 1 aromatic heterocycles. The number of nitrogens with zero attached hydrogens (tertiary/aromatic N) is 3. The fraction of sp³-hybridized carbons (Fsp3) is 0.133. The van der Waals surface area contributed by atoms with Gasteiger partial charge in [0, 0.05) is 11.9 Å². The fourth-order valence-corrected chi connectivity index (χ4v) is 2.10. The summed E-state index contributed by atoms with van der Waals surface area (Å²) in [5.41, 5.74) is 0.966. The summed E-state index contributed by atoms with van der Waals surface area (Å²) < 4.78 is 1.73. The van der Waals surface area contributed by atoms with Crippen molar-refractivity contribution < 1.29 is 4.79 Å². The summed E-state index contributed by atoms with van der Waals surface area (Å²) in [5, 5.41) is 4.60. The third-order valence-corrected chi connectivity index (χ3v) is 3.18. The first-order chi connectivity index (χ1) is 9.79. The smallest absolute Gasteiger partial charge is 0.259 e. The molecule has 0 fully saturated rings. The maximum absolute atomic E-state index is 11.6. The van der Waals surface area contributed by atoms with Crippen molar-refractivity contribution in [2.45, 2.75) is 6.92 Å². The fourth-order valence-electron chi connectivity index (χ4n) is 1.50. The Balaban J connectivity index is 2.10. The van der Waals surface area contributed by atoms with Crippen LogP contribution >= 0.6 is 11.8 Å². The predicted molar refractivity (Wildman–Crippen MR) is 81.8 cm³/mol. The number of carbonyl (C=O) groups excluding carboxylic acids is 1. The molecule has 0 radical (unpaired) electrons. The largest absolute Gasteiger partial charge is 0.305 e. The monoisotopic (exact) mass is 285 g/mol. The van der Waals surface area contributed by atoms with Crippen molar-refractivity contribution in [3.63, 3.8) is 0 Å². The second-order valence-corrected chi connectivity index (χ2v) is 4.89. The van der Waals surface area contributed by atoms with Crippen LogP contribution < -0.4 is 5.36 Å². The van der Waals surface area contributed by atoms with E-state index >= 15 is 0 Å². The maximum atomic E-state index is 11.6. The molecule has 1 amide bonds. The van der Waals surface area contributed by atoms with Crippen LogP contribution in [0.4, 0.5) is 4.79 Å². The molecule has 0 N–H and O–H groups in total. The molecule has 0 saturated heterocycles. The first kappa shape index (κ1) is 14.3. The Morgan fingerprint density at radius 3 is 2.80 bits per heavy atom. The quantitative estimate of drug-likeness (QED) is 0.814. The van der Waals surface area contributed by atoms with E-state index in [1.807, 2.05) is 49.4 Å². The number of amides is 1. The van der Waals surface area contributed by atoms with Crippen LogP contribution in [0.15, 0.2) is 65.9 Å². The zero-order valence-electron chi connectivity index (χ0n) is 11.1. The molecule has 5 heteroatoms. The lowest BCUT2D eigenvalue weighted by molar-refractivity contribution is 0.267. The van der Waals surface area contributed by atoms with E-state index in [0.717, 1.165) is 5.69 Å². The van der Waals surface area contributed by atoms with Crippen molar-refractivity contribution in [3.05, 3.63) is 66.3 Å². The Hall–Kier alpha value is -2.14. The van der Waals surface area contributed by atoms with Crippen molar-refractivity contribution >= 4 is 17.0 Å². The highest BCUT2D eigenvalue weighted by Crippen LogP contribution is 2.05. The normalized spacial score (nSPS) is 11.9. The molecular formula is C15H15N3OS. The standard InChI is InChI=1S/C15H15N3OS/c1-2-3-11-20-15(19)17-13-9-10-18(16-12-13)14-7-5-4-6-8-14/h2-10,12H,11H2,1H3. The predicted octanol–water partition coefficient (Wildman–Crippen LogP) is 3.20. The van der Waals surface area contributed by atoms with Gasteiger partial charge < -0.3 is 0 Å². The number of para-hydroxylation sites is 1. The third kappa shape index (κ3) is 4.20. The van der Waals surface area contributed by atoms with Crippen molar-refractivity contribution in [1.29, 1.82) is 0 Å². The van der Waals surface area contributed by atoms with Gasteiger partial charge in [0.2, 0.25) is 0 Å². The Kier molecular flexibility index (Phi) is 5.32. The van der Waals surface area contributed by atoms with Crippen LogP contribution in [0.2, 0.25) is 0 Å². The van der Waals surface area contributed by atoms with Crippen molar-refractivity contribution in [2.24, 2.45) is 4.99 Å². The summed E-state index contributed by atoms with van der Waals surface area (Å²) in [5.74, 6) is 0.642. The number of aromatic nitrogens is 2. The van der Waals surface area contributed by atoms with Crippen LogP contribution in [0.25, 0.3) is 5.69 Å². The molecule has 1 aromatic carbocycles.